The molecule has 0 aliphatic carbocycles. The molecular formula is C24H52N4O7Si4. The van der Waals surface area contributed by atoms with E-state index in [0.717, 1.165) is 18.2 Å². The molecule has 226 valence electrons. The maximum atomic E-state index is 11.8. The van der Waals surface area contributed by atoms with E-state index in [0.29, 0.717) is 16.7 Å². The second kappa shape index (κ2) is 20.5. The zero-order chi connectivity index (χ0) is 32.3. The molecule has 0 rings (SSSR count). The molecule has 0 saturated heterocycles. The van der Waals surface area contributed by atoms with E-state index in [4.69, 9.17) is 13.3 Å². The summed E-state index contributed by atoms with van der Waals surface area (Å²) in [6.07, 6.45) is 4.53. The first-order chi connectivity index (χ1) is 17.3. The van der Waals surface area contributed by atoms with Gasteiger partial charge in [-0.2, -0.15) is 0 Å². The van der Waals surface area contributed by atoms with Gasteiger partial charge in [-0.15, -0.1) is 0 Å². The Labute approximate surface area is 241 Å². The molecule has 0 radical (unpaired) electrons. The highest BCUT2D eigenvalue weighted by molar-refractivity contribution is 6.71. The van der Waals surface area contributed by atoms with Gasteiger partial charge in [-0.25, -0.2) is 0 Å². The van der Waals surface area contributed by atoms with E-state index < -0.39 is 54.3 Å². The SMILES string of the molecule is C=CC(=O)NC(CC([SiH3])(O[Si](C)(C)C)O[Si](C)(C)C)O[Si](C)(C)C.C=CC(N)=O.C=CC(N)=O.C=CC(N)=O. The van der Waals surface area contributed by atoms with Gasteiger partial charge < -0.3 is 35.8 Å². The van der Waals surface area contributed by atoms with Crippen molar-refractivity contribution in [2.75, 3.05) is 0 Å². The third-order valence-corrected chi connectivity index (χ3v) is 7.90. The van der Waals surface area contributed by atoms with Crippen molar-refractivity contribution in [2.24, 2.45) is 17.2 Å². The van der Waals surface area contributed by atoms with Crippen LogP contribution in [0.4, 0.5) is 0 Å². The average molecular weight is 621 g/mol. The van der Waals surface area contributed by atoms with Gasteiger partial charge in [0.2, 0.25) is 23.6 Å². The largest absolute Gasteiger partial charge is 0.398 e. The van der Waals surface area contributed by atoms with Gasteiger partial charge in [0.1, 0.15) is 11.6 Å². The standard InChI is InChI=1S/C15H37NO4Si4.3C3H5NO/c1-11-13(17)16-14(18-22(2,3)4)12-15(21,19-23(5,6)7)20-24(8,9)10;3*1-2-3(4)5/h11,14H,1,12H2,2-10,21H3,(H,16,17);3*2H,1H2,(H2,4,5). The summed E-state index contributed by atoms with van der Waals surface area (Å²) in [6, 6.07) is 0. The van der Waals surface area contributed by atoms with Crippen molar-refractivity contribution < 1.29 is 32.5 Å². The Hall–Kier alpha value is -2.41. The summed E-state index contributed by atoms with van der Waals surface area (Å²) >= 11 is 0. The van der Waals surface area contributed by atoms with Crippen molar-refractivity contribution in [1.82, 2.24) is 5.32 Å². The summed E-state index contributed by atoms with van der Waals surface area (Å²) in [7, 11) is -4.76. The lowest BCUT2D eigenvalue weighted by molar-refractivity contribution is -0.122. The van der Waals surface area contributed by atoms with Crippen LogP contribution in [-0.2, 0) is 32.5 Å². The maximum Gasteiger partial charge on any atom is 0.245 e. The summed E-state index contributed by atoms with van der Waals surface area (Å²) in [5, 5.41) is 2.90. The minimum absolute atomic E-state index is 0.233. The van der Waals surface area contributed by atoms with Crippen LogP contribution in [0.5, 0.6) is 0 Å². The molecule has 4 amide bonds. The topological polar surface area (TPSA) is 186 Å². The first-order valence-corrected chi connectivity index (χ1v) is 23.3. The van der Waals surface area contributed by atoms with Crippen molar-refractivity contribution in [1.29, 1.82) is 0 Å². The maximum absolute atomic E-state index is 11.8. The number of primary amides is 3. The zero-order valence-electron chi connectivity index (χ0n) is 25.5. The van der Waals surface area contributed by atoms with E-state index >= 15 is 0 Å². The molecule has 0 aromatic heterocycles. The number of hydrogen-bond donors (Lipinski definition) is 4. The van der Waals surface area contributed by atoms with Gasteiger partial charge >= 0.3 is 0 Å². The number of amides is 4. The molecule has 1 unspecified atom stereocenters. The molecule has 0 aliphatic rings. The van der Waals surface area contributed by atoms with E-state index in [1.807, 2.05) is 0 Å². The van der Waals surface area contributed by atoms with Crippen LogP contribution in [0, 0.1) is 0 Å². The lowest BCUT2D eigenvalue weighted by Crippen LogP contribution is -2.55. The monoisotopic (exact) mass is 620 g/mol. The van der Waals surface area contributed by atoms with E-state index in [1.165, 1.54) is 6.08 Å². The predicted molar refractivity (Wildman–Crippen MR) is 171 cm³/mol. The molecule has 39 heavy (non-hydrogen) atoms. The highest BCUT2D eigenvalue weighted by Gasteiger charge is 2.39. The van der Waals surface area contributed by atoms with Gasteiger partial charge in [0.15, 0.2) is 25.0 Å². The first-order valence-electron chi connectivity index (χ1n) is 12.0. The van der Waals surface area contributed by atoms with Gasteiger partial charge in [-0.3, -0.25) is 19.2 Å². The number of hydrogen-bond acceptors (Lipinski definition) is 7. The van der Waals surface area contributed by atoms with Crippen LogP contribution in [-0.4, -0.2) is 70.5 Å². The van der Waals surface area contributed by atoms with Crippen molar-refractivity contribution in [3.8, 4) is 0 Å². The van der Waals surface area contributed by atoms with Gasteiger partial charge in [-0.05, 0) is 83.2 Å². The summed E-state index contributed by atoms with van der Waals surface area (Å²) in [4.78, 5) is 40.2. The highest BCUT2D eigenvalue weighted by Crippen LogP contribution is 2.27. The molecule has 0 fully saturated rings. The highest BCUT2D eigenvalue weighted by atomic mass is 28.4. The second-order valence-corrected chi connectivity index (χ2v) is 25.9. The van der Waals surface area contributed by atoms with E-state index in [-0.39, 0.29) is 5.91 Å². The van der Waals surface area contributed by atoms with Gasteiger partial charge in [0, 0.05) is 6.42 Å². The Morgan fingerprint density at radius 3 is 1.18 bits per heavy atom. The first kappa shape index (κ1) is 43.6. The van der Waals surface area contributed by atoms with Crippen molar-refractivity contribution in [2.45, 2.75) is 77.0 Å². The molecule has 0 heterocycles. The fourth-order valence-electron chi connectivity index (χ4n) is 2.50. The molecule has 7 N–H and O–H groups in total. The van der Waals surface area contributed by atoms with Crippen molar-refractivity contribution in [3.63, 3.8) is 0 Å². The van der Waals surface area contributed by atoms with Crippen LogP contribution in [0.2, 0.25) is 58.9 Å². The predicted octanol–water partition coefficient (Wildman–Crippen LogP) is 1.55. The Morgan fingerprint density at radius 2 is 1.00 bits per heavy atom. The van der Waals surface area contributed by atoms with Crippen molar-refractivity contribution >= 4 is 58.8 Å². The molecule has 0 aromatic carbocycles. The zero-order valence-corrected chi connectivity index (χ0v) is 30.5. The third-order valence-electron chi connectivity index (χ3n) is 3.19. The second-order valence-electron chi connectivity index (χ2n) is 11.0. The molecular weight excluding hydrogens is 569 g/mol. The lowest BCUT2D eigenvalue weighted by atomic mass is 10.3. The molecule has 15 heteroatoms. The van der Waals surface area contributed by atoms with Crippen molar-refractivity contribution in [3.05, 3.63) is 50.6 Å². The minimum atomic E-state index is -1.84. The van der Waals surface area contributed by atoms with Crippen LogP contribution >= 0.6 is 0 Å². The molecule has 1 atom stereocenters. The van der Waals surface area contributed by atoms with Crippen LogP contribution in [0.25, 0.3) is 0 Å². The van der Waals surface area contributed by atoms with Gasteiger partial charge in [0.05, 0.1) is 10.2 Å². The minimum Gasteiger partial charge on any atom is -0.398 e. The van der Waals surface area contributed by atoms with Gasteiger partial charge in [0.25, 0.3) is 0 Å². The Balaban J connectivity index is -0.000000330. The summed E-state index contributed by atoms with van der Waals surface area (Å²) in [6.45, 7) is 32.0. The molecule has 0 aromatic rings. The van der Waals surface area contributed by atoms with Crippen LogP contribution < -0.4 is 22.5 Å². The van der Waals surface area contributed by atoms with Crippen LogP contribution in [0.1, 0.15) is 6.42 Å². The normalized spacial score (nSPS) is 11.8. The average Bonchev–Trinajstić information content (AvgIpc) is 2.70. The van der Waals surface area contributed by atoms with Gasteiger partial charge in [-0.1, -0.05) is 26.3 Å². The summed E-state index contributed by atoms with van der Waals surface area (Å²) in [5.74, 6) is -1.68. The van der Waals surface area contributed by atoms with Crippen LogP contribution in [0.3, 0.4) is 0 Å². The van der Waals surface area contributed by atoms with Crippen LogP contribution in [0.15, 0.2) is 50.6 Å². The third kappa shape index (κ3) is 40.2. The molecule has 0 aliphatic heterocycles. The Morgan fingerprint density at radius 1 is 0.718 bits per heavy atom. The van der Waals surface area contributed by atoms with E-state index in [9.17, 15) is 19.2 Å². The fraction of sp³-hybridized carbons (Fsp3) is 0.500. The molecule has 11 nitrogen and oxygen atoms in total. The summed E-state index contributed by atoms with van der Waals surface area (Å²) in [5.41, 5.74) is 13.0. The Bertz CT molecular complexity index is 775. The number of nitrogens with two attached hydrogens (primary N) is 3. The molecule has 0 saturated carbocycles. The number of rotatable bonds is 13. The fourth-order valence-corrected chi connectivity index (χ4v) is 10.5. The number of carbonyl (C=O) groups is 4. The molecule has 0 bridgehead atoms. The Kier molecular flexibility index (Phi) is 22.9. The van der Waals surface area contributed by atoms with E-state index in [1.54, 1.807) is 0 Å². The summed E-state index contributed by atoms with van der Waals surface area (Å²) < 4.78 is 19.1. The van der Waals surface area contributed by atoms with E-state index in [2.05, 4.69) is 108 Å². The lowest BCUT2D eigenvalue weighted by Gasteiger charge is -2.43. The number of carbonyl (C=O) groups excluding carboxylic acids is 4. The number of nitrogens with one attached hydrogen (secondary N) is 1. The molecule has 0 spiro atoms. The smallest absolute Gasteiger partial charge is 0.245 e. The quantitative estimate of drug-likeness (QED) is 0.137.